The van der Waals surface area contributed by atoms with E-state index in [0.717, 1.165) is 0 Å². The van der Waals surface area contributed by atoms with E-state index in [1.807, 2.05) is 0 Å². The van der Waals surface area contributed by atoms with Crippen molar-refractivity contribution >= 4 is 38.1 Å². The third-order valence-electron chi connectivity index (χ3n) is 4.37. The zero-order chi connectivity index (χ0) is 22.1. The number of fused-ring (bicyclic) bond motifs is 1. The van der Waals surface area contributed by atoms with Crippen LogP contribution in [0.2, 0.25) is 0 Å². The van der Waals surface area contributed by atoms with Crippen molar-refractivity contribution in [3.8, 4) is 5.75 Å². The number of thioether (sulfide) groups is 1. The van der Waals surface area contributed by atoms with Crippen LogP contribution in [0.15, 0.2) is 29.4 Å². The number of benzene rings is 1. The van der Waals surface area contributed by atoms with Gasteiger partial charge in [-0.1, -0.05) is 23.0 Å². The number of nitrogens with zero attached hydrogens (tertiary/aromatic N) is 1. The number of oxime groups is 1. The summed E-state index contributed by atoms with van der Waals surface area (Å²) >= 11 is 0.633. The van der Waals surface area contributed by atoms with E-state index < -0.39 is 46.9 Å². The van der Waals surface area contributed by atoms with Crippen molar-refractivity contribution in [2.45, 2.75) is 36.3 Å². The molecule has 0 aliphatic carbocycles. The minimum Gasteiger partial charge on any atom is -0.714 e. The van der Waals surface area contributed by atoms with E-state index in [2.05, 4.69) is 14.4 Å². The topological polar surface area (TPSA) is 205 Å². The van der Waals surface area contributed by atoms with Gasteiger partial charge in [0.05, 0.1) is 6.61 Å². The number of aliphatic hydroxyl groups is 4. The first kappa shape index (κ1) is 27.0. The van der Waals surface area contributed by atoms with Crippen molar-refractivity contribution in [3.05, 3.63) is 30.0 Å². The molecule has 3 rings (SSSR count). The van der Waals surface area contributed by atoms with Gasteiger partial charge in [0.15, 0.2) is 0 Å². The molecule has 0 radical (unpaired) electrons. The van der Waals surface area contributed by atoms with Gasteiger partial charge in [0.2, 0.25) is 0 Å². The number of aliphatic hydroxyl groups excluding tert-OH is 4. The number of aromatic nitrogens is 1. The van der Waals surface area contributed by atoms with Gasteiger partial charge in [0.1, 0.15) is 40.6 Å². The second kappa shape index (κ2) is 11.2. The van der Waals surface area contributed by atoms with E-state index in [4.69, 9.17) is 4.74 Å². The molecule has 1 aliphatic rings. The van der Waals surface area contributed by atoms with Crippen molar-refractivity contribution in [1.82, 2.24) is 4.98 Å². The number of nitrogens with one attached hydrogen (secondary N) is 1. The molecular formula is C16H19KN2O10S2. The van der Waals surface area contributed by atoms with Crippen LogP contribution >= 0.6 is 11.8 Å². The number of aromatic amines is 1. The zero-order valence-corrected chi connectivity index (χ0v) is 20.9. The Labute approximate surface area is 223 Å². The summed E-state index contributed by atoms with van der Waals surface area (Å²) in [5.74, 6) is 0.00783. The normalized spacial score (nSPS) is 27.1. The SMILES string of the molecule is O=S(=O)([O-])O/N=C(\Cc1cc2c(O)cccc2[nH]1)S[C@@H]1O[C@H](CO)[C@@H](O)[C@H](O)[C@H]1O.[K+]. The minimum absolute atomic E-state index is 0. The smallest absolute Gasteiger partial charge is 0.714 e. The monoisotopic (exact) mass is 502 g/mol. The largest absolute Gasteiger partial charge is 1.00 e. The maximum Gasteiger partial charge on any atom is 1.00 e. The zero-order valence-electron chi connectivity index (χ0n) is 16.2. The van der Waals surface area contributed by atoms with E-state index in [9.17, 15) is 38.5 Å². The fraction of sp³-hybridized carbons (Fsp3) is 0.438. The summed E-state index contributed by atoms with van der Waals surface area (Å²) < 4.78 is 41.7. The first-order chi connectivity index (χ1) is 14.1. The van der Waals surface area contributed by atoms with E-state index in [1.165, 1.54) is 6.07 Å². The third kappa shape index (κ3) is 6.86. The molecule has 31 heavy (non-hydrogen) atoms. The van der Waals surface area contributed by atoms with Crippen LogP contribution in [0.25, 0.3) is 10.9 Å². The summed E-state index contributed by atoms with van der Waals surface area (Å²) in [6.07, 6.45) is -6.14. The van der Waals surface area contributed by atoms with Crippen LogP contribution in [-0.2, 0) is 25.8 Å². The molecule has 2 heterocycles. The van der Waals surface area contributed by atoms with Crippen molar-refractivity contribution in [1.29, 1.82) is 0 Å². The first-order valence-corrected chi connectivity index (χ1v) is 10.8. The summed E-state index contributed by atoms with van der Waals surface area (Å²) in [4.78, 5) is 2.98. The molecule has 0 spiro atoms. The quantitative estimate of drug-likeness (QED) is 0.0557. The minimum atomic E-state index is -5.17. The standard InChI is InChI=1S/C16H20N2O10S2.K/c19-6-11-13(21)14(22)15(23)16(27-11)29-12(18-28-30(24,25)26)5-7-4-8-9(17-7)2-1-3-10(8)20;/h1-4,11,13-17,19-23H,5-6H2,(H,24,25,26);/q;+1/p-1/b18-12+;/t11-,13-,14+,15-,16+;/m1./s1. The second-order valence-electron chi connectivity index (χ2n) is 6.49. The Balaban J connectivity index is 0.00000341. The molecule has 0 amide bonds. The van der Waals surface area contributed by atoms with Gasteiger partial charge in [-0.2, -0.15) is 8.42 Å². The number of aromatic hydroxyl groups is 1. The molecule has 1 aromatic carbocycles. The molecule has 1 fully saturated rings. The first-order valence-electron chi connectivity index (χ1n) is 8.57. The average Bonchev–Trinajstić information content (AvgIpc) is 3.10. The van der Waals surface area contributed by atoms with Crippen molar-refractivity contribution < 1.29 is 98.9 Å². The van der Waals surface area contributed by atoms with E-state index in [-0.39, 0.29) is 68.6 Å². The Morgan fingerprint density at radius 1 is 1.26 bits per heavy atom. The van der Waals surface area contributed by atoms with Crippen molar-refractivity contribution in [3.63, 3.8) is 0 Å². The second-order valence-corrected chi connectivity index (χ2v) is 8.63. The summed E-state index contributed by atoms with van der Waals surface area (Å²) in [6.45, 7) is -0.652. The number of ether oxygens (including phenoxy) is 1. The molecule has 0 saturated carbocycles. The summed E-state index contributed by atoms with van der Waals surface area (Å²) in [5, 5.41) is 52.8. The van der Waals surface area contributed by atoms with Crippen molar-refractivity contribution in [2.24, 2.45) is 5.16 Å². The number of hydrogen-bond donors (Lipinski definition) is 6. The molecule has 2 aromatic rings. The Kier molecular flexibility index (Phi) is 9.78. The number of H-pyrrole nitrogens is 1. The van der Waals surface area contributed by atoms with E-state index >= 15 is 0 Å². The molecule has 0 unspecified atom stereocenters. The fourth-order valence-electron chi connectivity index (χ4n) is 2.94. The molecule has 12 nitrogen and oxygen atoms in total. The molecule has 1 aliphatic heterocycles. The van der Waals surface area contributed by atoms with Gasteiger partial charge < -0.3 is 39.8 Å². The Morgan fingerprint density at radius 2 is 1.97 bits per heavy atom. The number of rotatable bonds is 6. The molecule has 0 bridgehead atoms. The van der Waals surface area contributed by atoms with Crippen LogP contribution in [-0.4, -0.2) is 85.0 Å². The molecule has 1 aromatic heterocycles. The van der Waals surface area contributed by atoms with Crippen LogP contribution in [0, 0.1) is 0 Å². The molecule has 1 saturated heterocycles. The fourth-order valence-corrected chi connectivity index (χ4v) is 4.25. The Hall–Kier alpha value is -0.274. The summed E-state index contributed by atoms with van der Waals surface area (Å²) in [7, 11) is -5.17. The van der Waals surface area contributed by atoms with Gasteiger partial charge in [-0.15, -0.1) is 0 Å². The predicted octanol–water partition coefficient (Wildman–Crippen LogP) is -4.26. The predicted molar refractivity (Wildman–Crippen MR) is 103 cm³/mol. The Bertz CT molecular complexity index is 1030. The number of phenols is 1. The van der Waals surface area contributed by atoms with Crippen LogP contribution in [0.3, 0.4) is 0 Å². The summed E-state index contributed by atoms with van der Waals surface area (Å²) in [6, 6.07) is 6.35. The van der Waals surface area contributed by atoms with Crippen molar-refractivity contribution in [2.75, 3.05) is 6.61 Å². The Morgan fingerprint density at radius 3 is 2.58 bits per heavy atom. The van der Waals surface area contributed by atoms with Gasteiger partial charge >= 0.3 is 51.4 Å². The number of hydrogen-bond acceptors (Lipinski definition) is 12. The molecule has 15 heteroatoms. The molecule has 5 atom stereocenters. The van der Waals surface area contributed by atoms with Gasteiger partial charge in [0, 0.05) is 23.0 Å². The van der Waals surface area contributed by atoms with Gasteiger partial charge in [-0.05, 0) is 18.2 Å². The maximum absolute atomic E-state index is 10.8. The van der Waals surface area contributed by atoms with Gasteiger partial charge in [-0.25, -0.2) is 0 Å². The van der Waals surface area contributed by atoms with Crippen LogP contribution in [0.4, 0.5) is 0 Å². The van der Waals surface area contributed by atoms with Crippen LogP contribution in [0.1, 0.15) is 5.69 Å². The molecule has 6 N–H and O–H groups in total. The van der Waals surface area contributed by atoms with Crippen LogP contribution < -0.4 is 51.4 Å². The van der Waals surface area contributed by atoms with Gasteiger partial charge in [0.25, 0.3) is 10.4 Å². The maximum atomic E-state index is 10.8. The summed E-state index contributed by atoms with van der Waals surface area (Å²) in [5.41, 5.74) is -0.233. The van der Waals surface area contributed by atoms with E-state index in [0.29, 0.717) is 28.4 Å². The van der Waals surface area contributed by atoms with E-state index in [1.54, 1.807) is 18.2 Å². The third-order valence-corrected chi connectivity index (χ3v) is 5.74. The van der Waals surface area contributed by atoms with Gasteiger partial charge in [-0.3, -0.25) is 4.28 Å². The number of phenolic OH excluding ortho intramolecular Hbond substituents is 1. The average molecular weight is 503 g/mol. The molecular weight excluding hydrogens is 483 g/mol. The van der Waals surface area contributed by atoms with Crippen LogP contribution in [0.5, 0.6) is 5.75 Å². The molecule has 166 valence electrons.